The molecule has 0 saturated carbocycles. The van der Waals surface area contributed by atoms with Gasteiger partial charge in [-0.3, -0.25) is 9.96 Å². The van der Waals surface area contributed by atoms with E-state index in [-0.39, 0.29) is 25.1 Å². The topological polar surface area (TPSA) is 166 Å². The highest BCUT2D eigenvalue weighted by Crippen LogP contribution is 2.38. The molecular weight excluding hydrogens is 356 g/mol. The van der Waals surface area contributed by atoms with Crippen LogP contribution in [-0.2, 0) is 21.2 Å². The fourth-order valence-electron chi connectivity index (χ4n) is 3.02. The number of amides is 2. The van der Waals surface area contributed by atoms with Crippen LogP contribution in [0.1, 0.15) is 30.3 Å². The molecule has 0 unspecified atom stereocenters. The van der Waals surface area contributed by atoms with Gasteiger partial charge in [-0.05, 0) is 12.8 Å². The Bertz CT molecular complexity index is 794. The molecule has 13 heteroatoms. The van der Waals surface area contributed by atoms with E-state index in [1.54, 1.807) is 13.1 Å². The number of hydrogen-bond acceptors (Lipinski definition) is 7. The Morgan fingerprint density at radius 1 is 1.60 bits per heavy atom. The number of hydroxylamine groups is 2. The molecule has 2 amide bonds. The Kier molecular flexibility index (Phi) is 4.30. The average Bonchev–Trinajstić information content (AvgIpc) is 3.06. The minimum absolute atomic E-state index is 0.119. The maximum Gasteiger partial charge on any atom is 0.418 e. The number of fused-ring (bicyclic) bond motifs is 2. The summed E-state index contributed by atoms with van der Waals surface area (Å²) in [6, 6.07) is 0.166. The van der Waals surface area contributed by atoms with E-state index in [1.165, 1.54) is 9.80 Å². The van der Waals surface area contributed by atoms with E-state index in [2.05, 4.69) is 9.44 Å². The molecule has 2 saturated heterocycles. The third kappa shape index (κ3) is 3.52. The van der Waals surface area contributed by atoms with Crippen molar-refractivity contribution in [2.24, 2.45) is 5.73 Å². The third-order valence-corrected chi connectivity index (χ3v) is 4.57. The molecule has 1 aromatic heterocycles. The van der Waals surface area contributed by atoms with Crippen LogP contribution < -0.4 is 5.73 Å². The lowest BCUT2D eigenvalue weighted by atomic mass is 9.98. The Balaban J connectivity index is 1.74. The van der Waals surface area contributed by atoms with Gasteiger partial charge in [0.25, 0.3) is 0 Å². The fourth-order valence-corrected chi connectivity index (χ4v) is 3.41. The van der Waals surface area contributed by atoms with Crippen LogP contribution in [0.2, 0.25) is 0 Å². The molecule has 3 rings (SSSR count). The second-order valence-electron chi connectivity index (χ2n) is 5.97. The molecule has 0 aliphatic carbocycles. The first-order valence-corrected chi connectivity index (χ1v) is 8.79. The van der Waals surface area contributed by atoms with Gasteiger partial charge in [0.1, 0.15) is 5.69 Å². The van der Waals surface area contributed by atoms with Crippen LogP contribution in [0, 0.1) is 5.41 Å². The van der Waals surface area contributed by atoms with Gasteiger partial charge >= 0.3 is 16.4 Å². The summed E-state index contributed by atoms with van der Waals surface area (Å²) in [5.41, 5.74) is 5.89. The molecule has 0 spiro atoms. The number of hydrogen-bond donors (Lipinski definition) is 3. The number of nitrogens with one attached hydrogen (secondary N) is 1. The summed E-state index contributed by atoms with van der Waals surface area (Å²) >= 11 is 0. The third-order valence-electron chi connectivity index (χ3n) is 4.22. The number of carbonyl (C=O) groups is 1. The van der Waals surface area contributed by atoms with Gasteiger partial charge in [-0.15, -0.1) is 4.28 Å². The Morgan fingerprint density at radius 3 is 2.96 bits per heavy atom. The van der Waals surface area contributed by atoms with Crippen LogP contribution in [0.25, 0.3) is 0 Å². The number of piperidine rings is 1. The number of rotatable bonds is 5. The number of aromatic nitrogens is 1. The zero-order chi connectivity index (χ0) is 18.4. The van der Waals surface area contributed by atoms with Crippen LogP contribution in [0.4, 0.5) is 4.79 Å². The predicted octanol–water partition coefficient (Wildman–Crippen LogP) is -0.325. The first-order chi connectivity index (χ1) is 11.7. The Morgan fingerprint density at radius 2 is 2.32 bits per heavy atom. The van der Waals surface area contributed by atoms with E-state index in [0.29, 0.717) is 29.4 Å². The summed E-state index contributed by atoms with van der Waals surface area (Å²) in [5, 5.41) is 12.0. The SMILES string of the molecule is CN(Cc1cc([C@@H]2CC[C@@H]3CN2C(=O)N3OS(=O)(=O)O)no1)C(=N)N. The molecule has 2 bridgehead atoms. The second kappa shape index (κ2) is 6.16. The minimum atomic E-state index is -4.77. The van der Waals surface area contributed by atoms with E-state index < -0.39 is 22.5 Å². The standard InChI is InChI=1S/C12H18N6O6S/c1-16(11(13)14)6-8-4-9(15-23-8)10-3-2-7-5-17(10)12(19)18(7)24-25(20,21)22/h4,7,10H,2-3,5-6H2,1H3,(H3,13,14)(H,20,21,22)/t7-,10+/m1/s1. The van der Waals surface area contributed by atoms with Gasteiger partial charge in [0.05, 0.1) is 18.6 Å². The molecular formula is C12H18N6O6S. The Labute approximate surface area is 143 Å². The van der Waals surface area contributed by atoms with E-state index in [4.69, 9.17) is 20.2 Å². The first-order valence-electron chi connectivity index (χ1n) is 7.43. The highest BCUT2D eigenvalue weighted by atomic mass is 32.3. The van der Waals surface area contributed by atoms with Gasteiger partial charge < -0.3 is 20.1 Å². The molecule has 25 heavy (non-hydrogen) atoms. The normalized spacial score (nSPS) is 23.2. The fraction of sp³-hybridized carbons (Fsp3) is 0.583. The van der Waals surface area contributed by atoms with Gasteiger partial charge in [-0.2, -0.15) is 13.5 Å². The van der Waals surface area contributed by atoms with Crippen LogP contribution in [0.15, 0.2) is 10.6 Å². The van der Waals surface area contributed by atoms with Crippen LogP contribution >= 0.6 is 0 Å². The smallest absolute Gasteiger partial charge is 0.370 e. The zero-order valence-corrected chi connectivity index (χ0v) is 14.1. The van der Waals surface area contributed by atoms with E-state index in [9.17, 15) is 13.2 Å². The molecule has 12 nitrogen and oxygen atoms in total. The van der Waals surface area contributed by atoms with Gasteiger partial charge in [0, 0.05) is 19.7 Å². The lowest BCUT2D eigenvalue weighted by Gasteiger charge is -2.28. The lowest BCUT2D eigenvalue weighted by Crippen LogP contribution is -2.35. The molecule has 0 aromatic carbocycles. The van der Waals surface area contributed by atoms with E-state index in [0.717, 1.165) is 0 Å². The maximum atomic E-state index is 12.4. The van der Waals surface area contributed by atoms with Crippen LogP contribution in [0.3, 0.4) is 0 Å². The molecule has 2 atom stereocenters. The first kappa shape index (κ1) is 17.4. The summed E-state index contributed by atoms with van der Waals surface area (Å²) in [6.45, 7) is 0.512. The van der Waals surface area contributed by atoms with Crippen molar-refractivity contribution in [3.8, 4) is 0 Å². The number of carbonyl (C=O) groups excluding carboxylic acids is 1. The highest BCUT2D eigenvalue weighted by Gasteiger charge is 2.48. The molecule has 1 aromatic rings. The maximum absolute atomic E-state index is 12.4. The van der Waals surface area contributed by atoms with Crippen molar-refractivity contribution >= 4 is 22.4 Å². The van der Waals surface area contributed by atoms with Crippen molar-refractivity contribution in [3.05, 3.63) is 17.5 Å². The van der Waals surface area contributed by atoms with Crippen molar-refractivity contribution in [2.75, 3.05) is 13.6 Å². The van der Waals surface area contributed by atoms with Gasteiger partial charge in [-0.25, -0.2) is 4.79 Å². The molecule has 2 aliphatic rings. The highest BCUT2D eigenvalue weighted by molar-refractivity contribution is 7.80. The van der Waals surface area contributed by atoms with Crippen molar-refractivity contribution in [3.63, 3.8) is 0 Å². The summed E-state index contributed by atoms with van der Waals surface area (Å²) < 4.78 is 40.2. The van der Waals surface area contributed by atoms with Crippen molar-refractivity contribution in [2.45, 2.75) is 31.5 Å². The Hall–Kier alpha value is -2.38. The van der Waals surface area contributed by atoms with Crippen LogP contribution in [-0.4, -0.2) is 64.6 Å². The van der Waals surface area contributed by atoms with Crippen molar-refractivity contribution < 1.29 is 26.6 Å². The van der Waals surface area contributed by atoms with Gasteiger partial charge in [0.15, 0.2) is 11.7 Å². The number of nitrogens with zero attached hydrogens (tertiary/aromatic N) is 4. The molecule has 0 radical (unpaired) electrons. The minimum Gasteiger partial charge on any atom is -0.370 e. The summed E-state index contributed by atoms with van der Waals surface area (Å²) in [5.74, 6) is 0.360. The molecule has 2 aliphatic heterocycles. The molecule has 138 valence electrons. The van der Waals surface area contributed by atoms with E-state index >= 15 is 0 Å². The number of nitrogens with two attached hydrogens (primary N) is 1. The summed E-state index contributed by atoms with van der Waals surface area (Å²) in [6.07, 6.45) is 1.02. The summed E-state index contributed by atoms with van der Waals surface area (Å²) in [4.78, 5) is 15.3. The van der Waals surface area contributed by atoms with E-state index in [1.807, 2.05) is 0 Å². The van der Waals surface area contributed by atoms with Crippen molar-refractivity contribution in [1.29, 1.82) is 5.41 Å². The average molecular weight is 374 g/mol. The second-order valence-corrected chi connectivity index (χ2v) is 6.97. The number of guanidine groups is 1. The van der Waals surface area contributed by atoms with Gasteiger partial charge in [0.2, 0.25) is 0 Å². The largest absolute Gasteiger partial charge is 0.418 e. The van der Waals surface area contributed by atoms with Gasteiger partial charge in [-0.1, -0.05) is 5.16 Å². The van der Waals surface area contributed by atoms with Crippen LogP contribution in [0.5, 0.6) is 0 Å². The predicted molar refractivity (Wildman–Crippen MR) is 82.2 cm³/mol. The summed E-state index contributed by atoms with van der Waals surface area (Å²) in [7, 11) is -3.14. The number of urea groups is 1. The monoisotopic (exact) mass is 374 g/mol. The zero-order valence-electron chi connectivity index (χ0n) is 13.3. The van der Waals surface area contributed by atoms with Crippen molar-refractivity contribution in [1.82, 2.24) is 20.0 Å². The molecule has 2 fully saturated rings. The lowest BCUT2D eigenvalue weighted by molar-refractivity contribution is -0.0317. The molecule has 4 N–H and O–H groups in total. The molecule has 3 heterocycles. The quantitative estimate of drug-likeness (QED) is 0.355.